The third kappa shape index (κ3) is 6.36. The summed E-state index contributed by atoms with van der Waals surface area (Å²) in [6.07, 6.45) is 4.38. The predicted octanol–water partition coefficient (Wildman–Crippen LogP) is 3.90. The van der Waals surface area contributed by atoms with Gasteiger partial charge in [0.1, 0.15) is 0 Å². The fourth-order valence-electron chi connectivity index (χ4n) is 3.21. The monoisotopic (exact) mass is 359 g/mol. The molecule has 2 amide bonds. The molecular weight excluding hydrogens is 326 g/mol. The fraction of sp³-hybridized carbons (Fsp3) is 0.619. The van der Waals surface area contributed by atoms with E-state index >= 15 is 0 Å². The zero-order chi connectivity index (χ0) is 18.9. The molecule has 1 aliphatic heterocycles. The number of unbranched alkanes of at least 4 members (excludes halogenated alkanes) is 2. The Morgan fingerprint density at radius 3 is 2.27 bits per heavy atom. The lowest BCUT2D eigenvalue weighted by atomic mass is 10.1. The number of piperazine rings is 1. The van der Waals surface area contributed by atoms with Crippen molar-refractivity contribution in [3.63, 3.8) is 0 Å². The van der Waals surface area contributed by atoms with Gasteiger partial charge in [0.25, 0.3) is 0 Å². The van der Waals surface area contributed by atoms with Gasteiger partial charge in [-0.25, -0.2) is 0 Å². The molecule has 0 unspecified atom stereocenters. The Bertz CT molecular complexity index is 575. The number of rotatable bonds is 8. The number of hydrogen-bond acceptors (Lipinski definition) is 3. The van der Waals surface area contributed by atoms with E-state index in [-0.39, 0.29) is 11.8 Å². The van der Waals surface area contributed by atoms with Gasteiger partial charge in [-0.2, -0.15) is 0 Å². The first-order valence-corrected chi connectivity index (χ1v) is 9.92. The Kier molecular flexibility index (Phi) is 7.95. The van der Waals surface area contributed by atoms with Crippen molar-refractivity contribution in [2.24, 2.45) is 5.92 Å². The zero-order valence-electron chi connectivity index (χ0n) is 16.5. The number of anilines is 2. The van der Waals surface area contributed by atoms with Crippen molar-refractivity contribution in [2.75, 3.05) is 36.4 Å². The lowest BCUT2D eigenvalue weighted by molar-refractivity contribution is -0.132. The van der Waals surface area contributed by atoms with Crippen LogP contribution < -0.4 is 10.2 Å². The average Bonchev–Trinajstić information content (AvgIpc) is 2.62. The van der Waals surface area contributed by atoms with E-state index in [0.717, 1.165) is 56.8 Å². The molecule has 5 nitrogen and oxygen atoms in total. The number of amides is 2. The molecule has 1 heterocycles. The second-order valence-electron chi connectivity index (χ2n) is 7.52. The minimum Gasteiger partial charge on any atom is -0.368 e. The third-order valence-corrected chi connectivity index (χ3v) is 4.74. The Hall–Kier alpha value is -2.04. The molecule has 1 N–H and O–H groups in total. The van der Waals surface area contributed by atoms with Gasteiger partial charge in [0, 0.05) is 50.4 Å². The van der Waals surface area contributed by atoms with Gasteiger partial charge in [0.05, 0.1) is 0 Å². The minimum atomic E-state index is 0.0866. The highest BCUT2D eigenvalue weighted by Gasteiger charge is 2.21. The number of nitrogens with zero attached hydrogens (tertiary/aromatic N) is 2. The highest BCUT2D eigenvalue weighted by atomic mass is 16.2. The standard InChI is InChI=1S/C21H33N3O2/c1-4-5-6-7-20(25)22-18-8-10-19(11-9-18)23-12-14-24(15-13-23)21(26)16-17(2)3/h8-11,17H,4-7,12-16H2,1-3H3,(H,22,25). The van der Waals surface area contributed by atoms with Crippen LogP contribution >= 0.6 is 0 Å². The largest absolute Gasteiger partial charge is 0.368 e. The van der Waals surface area contributed by atoms with Crippen molar-refractivity contribution in [1.82, 2.24) is 4.90 Å². The summed E-state index contributed by atoms with van der Waals surface area (Å²) in [4.78, 5) is 28.3. The SMILES string of the molecule is CCCCCC(=O)Nc1ccc(N2CCN(C(=O)CC(C)C)CC2)cc1. The number of benzene rings is 1. The van der Waals surface area contributed by atoms with Crippen LogP contribution in [0.15, 0.2) is 24.3 Å². The Labute approximate surface area is 157 Å². The summed E-state index contributed by atoms with van der Waals surface area (Å²) in [5, 5.41) is 2.96. The summed E-state index contributed by atoms with van der Waals surface area (Å²) in [5.74, 6) is 0.759. The zero-order valence-corrected chi connectivity index (χ0v) is 16.5. The van der Waals surface area contributed by atoms with Crippen molar-refractivity contribution in [3.05, 3.63) is 24.3 Å². The van der Waals surface area contributed by atoms with Gasteiger partial charge in [-0.1, -0.05) is 33.6 Å². The summed E-state index contributed by atoms with van der Waals surface area (Å²) < 4.78 is 0. The van der Waals surface area contributed by atoms with E-state index in [1.54, 1.807) is 0 Å². The summed E-state index contributed by atoms with van der Waals surface area (Å²) >= 11 is 0. The van der Waals surface area contributed by atoms with Crippen molar-refractivity contribution in [3.8, 4) is 0 Å². The fourth-order valence-corrected chi connectivity index (χ4v) is 3.21. The molecule has 0 saturated carbocycles. The first-order valence-electron chi connectivity index (χ1n) is 9.92. The molecule has 0 radical (unpaired) electrons. The summed E-state index contributed by atoms with van der Waals surface area (Å²) in [5.41, 5.74) is 1.99. The van der Waals surface area contributed by atoms with E-state index < -0.39 is 0 Å². The van der Waals surface area contributed by atoms with Crippen LogP contribution in [0, 0.1) is 5.92 Å². The van der Waals surface area contributed by atoms with Crippen LogP contribution in [-0.2, 0) is 9.59 Å². The number of nitrogens with one attached hydrogen (secondary N) is 1. The van der Waals surface area contributed by atoms with Crippen LogP contribution in [0.3, 0.4) is 0 Å². The molecule has 1 aromatic rings. The van der Waals surface area contributed by atoms with Crippen LogP contribution in [0.4, 0.5) is 11.4 Å². The van der Waals surface area contributed by atoms with Gasteiger partial charge in [0.15, 0.2) is 0 Å². The minimum absolute atomic E-state index is 0.0866. The maximum absolute atomic E-state index is 12.2. The van der Waals surface area contributed by atoms with E-state index in [4.69, 9.17) is 0 Å². The topological polar surface area (TPSA) is 52.7 Å². The van der Waals surface area contributed by atoms with Gasteiger partial charge in [-0.15, -0.1) is 0 Å². The number of carbonyl (C=O) groups is 2. The Morgan fingerprint density at radius 1 is 1.04 bits per heavy atom. The molecule has 1 aliphatic rings. The first-order chi connectivity index (χ1) is 12.5. The molecule has 144 valence electrons. The maximum Gasteiger partial charge on any atom is 0.224 e. The summed E-state index contributed by atoms with van der Waals surface area (Å²) in [6, 6.07) is 8.02. The van der Waals surface area contributed by atoms with E-state index in [1.807, 2.05) is 29.2 Å². The molecule has 26 heavy (non-hydrogen) atoms. The average molecular weight is 360 g/mol. The van der Waals surface area contributed by atoms with Crippen molar-refractivity contribution in [1.29, 1.82) is 0 Å². The van der Waals surface area contributed by atoms with Gasteiger partial charge < -0.3 is 15.1 Å². The maximum atomic E-state index is 12.2. The Morgan fingerprint density at radius 2 is 1.69 bits per heavy atom. The highest BCUT2D eigenvalue weighted by Crippen LogP contribution is 2.20. The Balaban J connectivity index is 1.80. The normalized spacial score (nSPS) is 14.6. The summed E-state index contributed by atoms with van der Waals surface area (Å²) in [7, 11) is 0. The van der Waals surface area contributed by atoms with Crippen molar-refractivity contribution >= 4 is 23.2 Å². The molecule has 0 aliphatic carbocycles. The van der Waals surface area contributed by atoms with Crippen molar-refractivity contribution in [2.45, 2.75) is 52.9 Å². The molecule has 1 saturated heterocycles. The van der Waals surface area contributed by atoms with Gasteiger partial charge in [-0.3, -0.25) is 9.59 Å². The van der Waals surface area contributed by atoms with Gasteiger partial charge >= 0.3 is 0 Å². The lowest BCUT2D eigenvalue weighted by Gasteiger charge is -2.36. The van der Waals surface area contributed by atoms with Crippen LogP contribution in [-0.4, -0.2) is 42.9 Å². The van der Waals surface area contributed by atoms with E-state index in [2.05, 4.69) is 31.0 Å². The van der Waals surface area contributed by atoms with Crippen LogP contribution in [0.1, 0.15) is 52.9 Å². The second kappa shape index (κ2) is 10.2. The number of carbonyl (C=O) groups excluding carboxylic acids is 2. The molecule has 1 aromatic carbocycles. The smallest absolute Gasteiger partial charge is 0.224 e. The van der Waals surface area contributed by atoms with Gasteiger partial charge in [0.2, 0.25) is 11.8 Å². The quantitative estimate of drug-likeness (QED) is 0.716. The molecule has 0 spiro atoms. The van der Waals surface area contributed by atoms with Crippen molar-refractivity contribution < 1.29 is 9.59 Å². The van der Waals surface area contributed by atoms with Crippen LogP contribution in [0.2, 0.25) is 0 Å². The summed E-state index contributed by atoms with van der Waals surface area (Å²) in [6.45, 7) is 9.56. The van der Waals surface area contributed by atoms with Crippen LogP contribution in [0.5, 0.6) is 0 Å². The molecule has 1 fully saturated rings. The van der Waals surface area contributed by atoms with E-state index in [0.29, 0.717) is 18.8 Å². The molecule has 0 aromatic heterocycles. The third-order valence-electron chi connectivity index (χ3n) is 4.74. The molecular formula is C21H33N3O2. The van der Waals surface area contributed by atoms with E-state index in [9.17, 15) is 9.59 Å². The molecule has 0 bridgehead atoms. The molecule has 5 heteroatoms. The first kappa shape index (κ1) is 20.3. The van der Waals surface area contributed by atoms with E-state index in [1.165, 1.54) is 0 Å². The molecule has 0 atom stereocenters. The molecule has 2 rings (SSSR count). The highest BCUT2D eigenvalue weighted by molar-refractivity contribution is 5.90. The number of hydrogen-bond donors (Lipinski definition) is 1. The lowest BCUT2D eigenvalue weighted by Crippen LogP contribution is -2.49. The predicted molar refractivity (Wildman–Crippen MR) is 107 cm³/mol. The second-order valence-corrected chi connectivity index (χ2v) is 7.52. The van der Waals surface area contributed by atoms with Crippen LogP contribution in [0.25, 0.3) is 0 Å². The van der Waals surface area contributed by atoms with Gasteiger partial charge in [-0.05, 0) is 36.6 Å².